The zero-order chi connectivity index (χ0) is 14.0. The van der Waals surface area contributed by atoms with Crippen LogP contribution in [0.25, 0.3) is 0 Å². The molecule has 3 N–H and O–H groups in total. The number of thioether (sulfide) groups is 2. The van der Waals surface area contributed by atoms with Gasteiger partial charge in [0.25, 0.3) is 0 Å². The molecule has 0 radical (unpaired) electrons. The van der Waals surface area contributed by atoms with Gasteiger partial charge >= 0.3 is 12.0 Å². The van der Waals surface area contributed by atoms with Crippen LogP contribution in [0.15, 0.2) is 0 Å². The lowest BCUT2D eigenvalue weighted by Gasteiger charge is -2.15. The van der Waals surface area contributed by atoms with Gasteiger partial charge in [-0.1, -0.05) is 6.92 Å². The zero-order valence-corrected chi connectivity index (χ0v) is 12.7. The first-order valence-electron chi connectivity index (χ1n) is 5.80. The smallest absolute Gasteiger partial charge is 0.326 e. The molecule has 0 aliphatic heterocycles. The summed E-state index contributed by atoms with van der Waals surface area (Å²) in [5.41, 5.74) is 0. The summed E-state index contributed by atoms with van der Waals surface area (Å²) in [7, 11) is 0. The average molecular weight is 294 g/mol. The molecule has 5 nitrogen and oxygen atoms in total. The van der Waals surface area contributed by atoms with Gasteiger partial charge in [-0.05, 0) is 31.1 Å². The second-order valence-electron chi connectivity index (χ2n) is 3.91. The lowest BCUT2D eigenvalue weighted by atomic mass is 10.2. The molecule has 106 valence electrons. The van der Waals surface area contributed by atoms with E-state index in [2.05, 4.69) is 17.6 Å². The highest BCUT2D eigenvalue weighted by Crippen LogP contribution is 2.07. The number of carboxylic acids is 1. The first-order valence-corrected chi connectivity index (χ1v) is 8.48. The second kappa shape index (κ2) is 10.4. The molecule has 0 rings (SSSR count). The van der Waals surface area contributed by atoms with Crippen molar-refractivity contribution in [2.24, 2.45) is 0 Å². The number of carbonyl (C=O) groups is 2. The number of aliphatic carboxylic acids is 1. The van der Waals surface area contributed by atoms with Gasteiger partial charge in [-0.3, -0.25) is 0 Å². The highest BCUT2D eigenvalue weighted by molar-refractivity contribution is 7.99. The minimum atomic E-state index is -0.989. The maximum absolute atomic E-state index is 11.5. The van der Waals surface area contributed by atoms with Gasteiger partial charge in [-0.25, -0.2) is 9.59 Å². The predicted molar refractivity (Wildman–Crippen MR) is 78.6 cm³/mol. The van der Waals surface area contributed by atoms with E-state index in [0.717, 1.165) is 6.42 Å². The zero-order valence-electron chi connectivity index (χ0n) is 11.1. The molecule has 0 spiro atoms. The summed E-state index contributed by atoms with van der Waals surface area (Å²) < 4.78 is 0. The first-order chi connectivity index (χ1) is 8.51. The van der Waals surface area contributed by atoms with Crippen LogP contribution >= 0.6 is 23.5 Å². The van der Waals surface area contributed by atoms with Gasteiger partial charge in [-0.2, -0.15) is 23.5 Å². The Hall–Kier alpha value is -0.560. The van der Waals surface area contributed by atoms with Crippen molar-refractivity contribution in [2.45, 2.75) is 31.1 Å². The monoisotopic (exact) mass is 294 g/mol. The number of hydrogen-bond donors (Lipinski definition) is 3. The summed E-state index contributed by atoms with van der Waals surface area (Å²) in [6.45, 7) is 2.64. The third-order valence-corrected chi connectivity index (χ3v) is 4.14. The highest BCUT2D eigenvalue weighted by Gasteiger charge is 2.18. The van der Waals surface area contributed by atoms with Gasteiger partial charge in [0.1, 0.15) is 6.04 Å². The molecule has 0 saturated heterocycles. The van der Waals surface area contributed by atoms with Crippen LogP contribution in [-0.2, 0) is 4.79 Å². The molecule has 0 aromatic carbocycles. The van der Waals surface area contributed by atoms with Gasteiger partial charge in [0.05, 0.1) is 0 Å². The third kappa shape index (κ3) is 8.52. The molecule has 2 atom stereocenters. The van der Waals surface area contributed by atoms with Gasteiger partial charge in [-0.15, -0.1) is 0 Å². The van der Waals surface area contributed by atoms with Crippen LogP contribution in [0.2, 0.25) is 0 Å². The Balaban J connectivity index is 3.91. The molecule has 0 bridgehead atoms. The van der Waals surface area contributed by atoms with Gasteiger partial charge in [0, 0.05) is 11.8 Å². The Labute approximate surface area is 117 Å². The van der Waals surface area contributed by atoms with E-state index >= 15 is 0 Å². The molecular formula is C11H22N2O3S2. The summed E-state index contributed by atoms with van der Waals surface area (Å²) in [5.74, 6) is -0.280. The Kier molecular flexibility index (Phi) is 10.0. The van der Waals surface area contributed by atoms with Crippen molar-refractivity contribution in [3.63, 3.8) is 0 Å². The molecule has 0 saturated carbocycles. The van der Waals surface area contributed by atoms with E-state index in [-0.39, 0.29) is 0 Å². The summed E-state index contributed by atoms with van der Waals surface area (Å²) in [5, 5.41) is 14.6. The Bertz CT molecular complexity index is 265. The summed E-state index contributed by atoms with van der Waals surface area (Å²) in [6.07, 6.45) is 5.23. The van der Waals surface area contributed by atoms with Crippen LogP contribution in [0.5, 0.6) is 0 Å². The first kappa shape index (κ1) is 17.4. The van der Waals surface area contributed by atoms with Crippen molar-refractivity contribution in [2.75, 3.05) is 24.8 Å². The molecule has 0 aliphatic carbocycles. The van der Waals surface area contributed by atoms with Crippen molar-refractivity contribution in [1.82, 2.24) is 10.6 Å². The molecule has 7 heteroatoms. The number of amides is 2. The standard InChI is InChI=1S/C11H22N2O3S2/c1-8(18-3)4-6-12-11(16)13-9(10(14)15)5-7-17-2/h8-9H,4-7H2,1-3H3,(H,14,15)(H2,12,13,16)/t8?,9-/m0/s1. The summed E-state index contributed by atoms with van der Waals surface area (Å²) in [4.78, 5) is 22.4. The van der Waals surface area contributed by atoms with Crippen LogP contribution in [0.4, 0.5) is 4.79 Å². The largest absolute Gasteiger partial charge is 0.480 e. The highest BCUT2D eigenvalue weighted by atomic mass is 32.2. The van der Waals surface area contributed by atoms with Crippen LogP contribution in [0, 0.1) is 0 Å². The normalized spacial score (nSPS) is 13.7. The van der Waals surface area contributed by atoms with Crippen LogP contribution in [0.3, 0.4) is 0 Å². The molecular weight excluding hydrogens is 272 g/mol. The second-order valence-corrected chi connectivity index (χ2v) is 6.17. The number of urea groups is 1. The Morgan fingerprint density at radius 2 is 1.94 bits per heavy atom. The molecule has 1 unspecified atom stereocenters. The van der Waals surface area contributed by atoms with Crippen LogP contribution < -0.4 is 10.6 Å². The van der Waals surface area contributed by atoms with Crippen molar-refractivity contribution < 1.29 is 14.7 Å². The number of carboxylic acid groups (broad SMARTS) is 1. The quantitative estimate of drug-likeness (QED) is 0.602. The Morgan fingerprint density at radius 1 is 1.28 bits per heavy atom. The minimum Gasteiger partial charge on any atom is -0.480 e. The molecule has 0 heterocycles. The fourth-order valence-electron chi connectivity index (χ4n) is 1.21. The van der Waals surface area contributed by atoms with E-state index in [1.165, 1.54) is 0 Å². The third-order valence-electron chi connectivity index (χ3n) is 2.45. The molecule has 18 heavy (non-hydrogen) atoms. The molecule has 0 aliphatic rings. The Morgan fingerprint density at radius 3 is 2.44 bits per heavy atom. The maximum atomic E-state index is 11.5. The summed E-state index contributed by atoms with van der Waals surface area (Å²) in [6, 6.07) is -1.22. The van der Waals surface area contributed by atoms with Crippen molar-refractivity contribution >= 4 is 35.5 Å². The van der Waals surface area contributed by atoms with Crippen LogP contribution in [0.1, 0.15) is 19.8 Å². The van der Waals surface area contributed by atoms with Gasteiger partial charge in [0.15, 0.2) is 0 Å². The topological polar surface area (TPSA) is 78.4 Å². The van der Waals surface area contributed by atoms with E-state index in [4.69, 9.17) is 5.11 Å². The number of hydrogen-bond acceptors (Lipinski definition) is 4. The number of nitrogens with one attached hydrogen (secondary N) is 2. The fourth-order valence-corrected chi connectivity index (χ4v) is 2.03. The van der Waals surface area contributed by atoms with E-state index in [9.17, 15) is 9.59 Å². The van der Waals surface area contributed by atoms with E-state index in [1.54, 1.807) is 23.5 Å². The number of rotatable bonds is 9. The molecule has 0 fully saturated rings. The SMILES string of the molecule is CSCC[C@H](NC(=O)NCCC(C)SC)C(=O)O. The maximum Gasteiger partial charge on any atom is 0.326 e. The molecule has 0 aromatic rings. The fraction of sp³-hybridized carbons (Fsp3) is 0.818. The van der Waals surface area contributed by atoms with E-state index < -0.39 is 18.0 Å². The van der Waals surface area contributed by atoms with E-state index in [1.807, 2.05) is 12.5 Å². The average Bonchev–Trinajstić information content (AvgIpc) is 2.33. The number of carbonyl (C=O) groups excluding carboxylic acids is 1. The van der Waals surface area contributed by atoms with Crippen molar-refractivity contribution in [3.8, 4) is 0 Å². The molecule has 2 amide bonds. The van der Waals surface area contributed by atoms with Gasteiger partial charge < -0.3 is 15.7 Å². The lowest BCUT2D eigenvalue weighted by molar-refractivity contribution is -0.139. The van der Waals surface area contributed by atoms with Crippen LogP contribution in [-0.4, -0.2) is 53.2 Å². The van der Waals surface area contributed by atoms with Crippen molar-refractivity contribution in [1.29, 1.82) is 0 Å². The molecule has 0 aromatic heterocycles. The lowest BCUT2D eigenvalue weighted by Crippen LogP contribution is -2.46. The van der Waals surface area contributed by atoms with E-state index in [0.29, 0.717) is 24.0 Å². The van der Waals surface area contributed by atoms with Crippen molar-refractivity contribution in [3.05, 3.63) is 0 Å². The van der Waals surface area contributed by atoms with Gasteiger partial charge in [0.2, 0.25) is 0 Å². The minimum absolute atomic E-state index is 0.406. The summed E-state index contributed by atoms with van der Waals surface area (Å²) >= 11 is 3.30. The predicted octanol–water partition coefficient (Wildman–Crippen LogP) is 1.63.